The molecule has 1 aromatic carbocycles. The first-order valence-corrected chi connectivity index (χ1v) is 9.64. The summed E-state index contributed by atoms with van der Waals surface area (Å²) in [6, 6.07) is 2.85. The van der Waals surface area contributed by atoms with Crippen LogP contribution in [0.15, 0.2) is 24.5 Å². The Bertz CT molecular complexity index is 938. The largest absolute Gasteiger partial charge is 0.345 e. The summed E-state index contributed by atoms with van der Waals surface area (Å²) in [5.41, 5.74) is -0.222. The lowest BCUT2D eigenvalue weighted by Crippen LogP contribution is -2.57. The van der Waals surface area contributed by atoms with Crippen molar-refractivity contribution in [1.82, 2.24) is 20.6 Å². The summed E-state index contributed by atoms with van der Waals surface area (Å²) in [5.74, 6) is -4.02. The van der Waals surface area contributed by atoms with Crippen LogP contribution in [-0.2, 0) is 10.3 Å². The van der Waals surface area contributed by atoms with E-state index in [9.17, 15) is 22.4 Å². The van der Waals surface area contributed by atoms with Crippen molar-refractivity contribution in [2.75, 3.05) is 13.1 Å². The van der Waals surface area contributed by atoms with E-state index in [0.29, 0.717) is 24.0 Å². The number of halogens is 4. The first-order chi connectivity index (χ1) is 13.7. The topological polar surface area (TPSA) is 66.9 Å². The van der Waals surface area contributed by atoms with Gasteiger partial charge in [0.1, 0.15) is 0 Å². The van der Waals surface area contributed by atoms with E-state index in [4.69, 9.17) is 0 Å². The lowest BCUT2D eigenvalue weighted by molar-refractivity contribution is -0.124. The predicted molar refractivity (Wildman–Crippen MR) is 98.6 cm³/mol. The average Bonchev–Trinajstić information content (AvgIpc) is 3.25. The molecule has 2 aromatic rings. The van der Waals surface area contributed by atoms with Gasteiger partial charge in [-0.1, -0.05) is 19.1 Å². The highest BCUT2D eigenvalue weighted by Gasteiger charge is 2.57. The number of hydrogen-bond donors (Lipinski definition) is 2. The van der Waals surface area contributed by atoms with E-state index in [1.165, 1.54) is 18.5 Å². The van der Waals surface area contributed by atoms with Crippen molar-refractivity contribution in [1.29, 1.82) is 0 Å². The van der Waals surface area contributed by atoms with E-state index in [2.05, 4.69) is 20.6 Å². The van der Waals surface area contributed by atoms with Gasteiger partial charge < -0.3 is 10.6 Å². The van der Waals surface area contributed by atoms with E-state index in [1.807, 2.05) is 6.92 Å². The quantitative estimate of drug-likeness (QED) is 0.740. The summed E-state index contributed by atoms with van der Waals surface area (Å²) >= 11 is 0. The summed E-state index contributed by atoms with van der Waals surface area (Å²) in [7, 11) is 0. The highest BCUT2D eigenvalue weighted by molar-refractivity contribution is 5.84. The van der Waals surface area contributed by atoms with Crippen molar-refractivity contribution in [2.24, 2.45) is 11.8 Å². The van der Waals surface area contributed by atoms with Gasteiger partial charge in [0.2, 0.25) is 5.91 Å². The molecule has 1 unspecified atom stereocenters. The minimum absolute atomic E-state index is 0.0839. The minimum Gasteiger partial charge on any atom is -0.345 e. The molecule has 3 atom stereocenters. The molecule has 2 heterocycles. The molecule has 0 radical (unpaired) electrons. The Morgan fingerprint density at radius 2 is 1.93 bits per heavy atom. The normalized spacial score (nSPS) is 28.5. The van der Waals surface area contributed by atoms with Crippen LogP contribution in [0.2, 0.25) is 0 Å². The van der Waals surface area contributed by atoms with Crippen LogP contribution < -0.4 is 10.6 Å². The number of fused-ring (bicyclic) bond motifs is 1. The van der Waals surface area contributed by atoms with Gasteiger partial charge in [0.25, 0.3) is 12.3 Å². The third kappa shape index (κ3) is 3.80. The van der Waals surface area contributed by atoms with Crippen LogP contribution >= 0.6 is 0 Å². The van der Waals surface area contributed by atoms with Gasteiger partial charge in [-0.25, -0.2) is 17.6 Å². The summed E-state index contributed by atoms with van der Waals surface area (Å²) in [6.45, 7) is 3.09. The molecule has 29 heavy (non-hydrogen) atoms. The van der Waals surface area contributed by atoms with E-state index in [-0.39, 0.29) is 29.8 Å². The minimum atomic E-state index is -2.78. The first kappa shape index (κ1) is 20.0. The van der Waals surface area contributed by atoms with Crippen LogP contribution in [0.1, 0.15) is 43.7 Å². The maximum atomic E-state index is 13.4. The number of nitrogens with one attached hydrogen (secondary N) is 2. The molecule has 1 aliphatic heterocycles. The fraction of sp³-hybridized carbons (Fsp3) is 0.550. The molecule has 1 aromatic heterocycles. The number of piperidine rings is 1. The van der Waals surface area contributed by atoms with Crippen molar-refractivity contribution in [2.45, 2.75) is 44.1 Å². The van der Waals surface area contributed by atoms with Gasteiger partial charge in [0, 0.05) is 48.8 Å². The smallest absolute Gasteiger partial charge is 0.266 e. The predicted octanol–water partition coefficient (Wildman–Crippen LogP) is 3.55. The highest BCUT2D eigenvalue weighted by Crippen LogP contribution is 2.50. The number of nitrogens with zero attached hydrogens (tertiary/aromatic N) is 2. The molecule has 0 spiro atoms. The number of hydrogen-bond acceptors (Lipinski definition) is 4. The Balaban J connectivity index is 1.74. The standard InChI is InChI=1S/C20H22F4N4O/c1-11-7-19(10-25-9-11,28-15(29)6-12-8-20(12,23)24)14-3-2-13(18(21)22)16-17(14)27-5-4-26-16/h2-5,11-12,18,25H,6-10H2,1H3,(H,28,29)/t11-,12?,19-/m0/s1. The van der Waals surface area contributed by atoms with E-state index in [0.717, 1.165) is 6.54 Å². The average molecular weight is 410 g/mol. The van der Waals surface area contributed by atoms with Crippen LogP contribution in [0, 0.1) is 11.8 Å². The number of carbonyl (C=O) groups excluding carboxylic acids is 1. The van der Waals surface area contributed by atoms with Gasteiger partial charge in [-0.2, -0.15) is 0 Å². The Kier molecular flexibility index (Phi) is 4.96. The second kappa shape index (κ2) is 7.19. The molecule has 4 rings (SSSR count). The molecule has 1 saturated carbocycles. The lowest BCUT2D eigenvalue weighted by atomic mass is 9.78. The van der Waals surface area contributed by atoms with Gasteiger partial charge in [-0.05, 0) is 18.9 Å². The van der Waals surface area contributed by atoms with Gasteiger partial charge in [-0.3, -0.25) is 14.8 Å². The molecule has 1 aliphatic carbocycles. The summed E-state index contributed by atoms with van der Waals surface area (Å²) in [5, 5.41) is 6.20. The second-order valence-electron chi connectivity index (χ2n) is 8.19. The molecule has 1 amide bonds. The molecule has 2 N–H and O–H groups in total. The van der Waals surface area contributed by atoms with Gasteiger partial charge in [-0.15, -0.1) is 0 Å². The summed E-state index contributed by atoms with van der Waals surface area (Å²) in [6.07, 6.45) is 0.0454. The van der Waals surface area contributed by atoms with Crippen LogP contribution in [0.3, 0.4) is 0 Å². The third-order valence-electron chi connectivity index (χ3n) is 5.79. The number of amides is 1. The molecule has 9 heteroatoms. The summed E-state index contributed by atoms with van der Waals surface area (Å²) < 4.78 is 53.4. The van der Waals surface area contributed by atoms with Crippen molar-refractivity contribution < 1.29 is 22.4 Å². The van der Waals surface area contributed by atoms with Crippen molar-refractivity contribution in [3.63, 3.8) is 0 Å². The van der Waals surface area contributed by atoms with Crippen LogP contribution in [0.5, 0.6) is 0 Å². The maximum absolute atomic E-state index is 13.4. The number of benzene rings is 1. The molecule has 2 aliphatic rings. The van der Waals surface area contributed by atoms with Gasteiger partial charge in [0.15, 0.2) is 0 Å². The Hall–Kier alpha value is -2.29. The SMILES string of the molecule is C[C@@H]1CNC[C@](NC(=O)CC2CC2(F)F)(c2ccc(C(F)F)c3nccnc23)C1. The Morgan fingerprint density at radius 1 is 1.24 bits per heavy atom. The molecule has 2 fully saturated rings. The number of carbonyl (C=O) groups is 1. The lowest BCUT2D eigenvalue weighted by Gasteiger charge is -2.42. The monoisotopic (exact) mass is 410 g/mol. The highest BCUT2D eigenvalue weighted by atomic mass is 19.3. The number of alkyl halides is 4. The zero-order valence-electron chi connectivity index (χ0n) is 15.9. The van der Waals surface area contributed by atoms with E-state index >= 15 is 0 Å². The van der Waals surface area contributed by atoms with Crippen molar-refractivity contribution in [3.05, 3.63) is 35.7 Å². The van der Waals surface area contributed by atoms with Crippen LogP contribution in [0.25, 0.3) is 11.0 Å². The zero-order valence-corrected chi connectivity index (χ0v) is 15.9. The molecular formula is C20H22F4N4O. The fourth-order valence-corrected chi connectivity index (χ4v) is 4.31. The van der Waals surface area contributed by atoms with E-state index in [1.54, 1.807) is 6.07 Å². The zero-order chi connectivity index (χ0) is 20.8. The second-order valence-corrected chi connectivity index (χ2v) is 8.19. The molecule has 0 bridgehead atoms. The van der Waals surface area contributed by atoms with Crippen molar-refractivity contribution >= 4 is 16.9 Å². The van der Waals surface area contributed by atoms with Gasteiger partial charge in [0.05, 0.1) is 16.6 Å². The third-order valence-corrected chi connectivity index (χ3v) is 5.79. The molecule has 1 saturated heterocycles. The van der Waals surface area contributed by atoms with Gasteiger partial charge >= 0.3 is 0 Å². The van der Waals surface area contributed by atoms with E-state index < -0.39 is 29.7 Å². The fourth-order valence-electron chi connectivity index (χ4n) is 4.31. The Labute approximate surface area is 165 Å². The summed E-state index contributed by atoms with van der Waals surface area (Å²) in [4.78, 5) is 21.0. The molecular weight excluding hydrogens is 388 g/mol. The maximum Gasteiger partial charge on any atom is 0.266 e. The molecule has 156 valence electrons. The Morgan fingerprint density at radius 3 is 2.55 bits per heavy atom. The first-order valence-electron chi connectivity index (χ1n) is 9.64. The molecule has 5 nitrogen and oxygen atoms in total. The van der Waals surface area contributed by atoms with Crippen molar-refractivity contribution in [3.8, 4) is 0 Å². The van der Waals surface area contributed by atoms with Crippen LogP contribution in [0.4, 0.5) is 17.6 Å². The number of aromatic nitrogens is 2. The van der Waals surface area contributed by atoms with Crippen LogP contribution in [-0.4, -0.2) is 34.9 Å². The number of rotatable bonds is 5.